The molecule has 9 heteroatoms. The number of carbonyl (C=O) groups is 1. The predicted octanol–water partition coefficient (Wildman–Crippen LogP) is 5.89. The summed E-state index contributed by atoms with van der Waals surface area (Å²) in [6.45, 7) is 9.14. The molecule has 1 aliphatic rings. The Morgan fingerprint density at radius 3 is 2.44 bits per heavy atom. The van der Waals surface area contributed by atoms with Crippen LogP contribution in [-0.2, 0) is 10.3 Å². The largest absolute Gasteiger partial charge is 0.508 e. The van der Waals surface area contributed by atoms with Crippen molar-refractivity contribution in [2.24, 2.45) is 0 Å². The molecule has 0 radical (unpaired) electrons. The molecule has 2 aromatic carbocycles. The molecule has 0 aliphatic heterocycles. The van der Waals surface area contributed by atoms with Gasteiger partial charge in [-0.2, -0.15) is 9.61 Å². The SMILES string of the molecule is Cc1cc2ncc3cc(-c4cccc(O)c4)c(-c4ccc([C@]5(NC(=O)OC(C)(C)C)C[C@@](C)(O)C5)cc4)nc3n2n1. The van der Waals surface area contributed by atoms with Crippen LogP contribution >= 0.6 is 0 Å². The zero-order valence-electron chi connectivity index (χ0n) is 23.8. The molecule has 0 unspecified atom stereocenters. The number of hydrogen-bond donors (Lipinski definition) is 3. The van der Waals surface area contributed by atoms with Gasteiger partial charge in [-0.05, 0) is 63.9 Å². The molecule has 210 valence electrons. The summed E-state index contributed by atoms with van der Waals surface area (Å²) < 4.78 is 7.27. The Bertz CT molecular complexity index is 1790. The summed E-state index contributed by atoms with van der Waals surface area (Å²) in [6.07, 6.45) is 1.99. The van der Waals surface area contributed by atoms with E-state index in [0.29, 0.717) is 29.8 Å². The summed E-state index contributed by atoms with van der Waals surface area (Å²) in [7, 11) is 0. The standard InChI is InChI=1S/C32H33N5O4/c1-19-13-26-33-16-22-15-25(21-7-6-8-24(38)14-21)27(34-28(22)37(26)36-19)20-9-11-23(12-10-20)32(17-31(5,40)18-32)35-29(39)41-30(2,3)4/h6-16,38,40H,17-18H2,1-5H3,(H,35,39)/t31-,32+. The van der Waals surface area contributed by atoms with Gasteiger partial charge < -0.3 is 20.3 Å². The van der Waals surface area contributed by atoms with Gasteiger partial charge in [0.25, 0.3) is 0 Å². The molecule has 0 bridgehead atoms. The van der Waals surface area contributed by atoms with Gasteiger partial charge in [0.1, 0.15) is 11.4 Å². The third-order valence-electron chi connectivity index (χ3n) is 7.35. The van der Waals surface area contributed by atoms with Crippen molar-refractivity contribution in [2.75, 3.05) is 0 Å². The molecular formula is C32H33N5O4. The molecule has 6 rings (SSSR count). The van der Waals surface area contributed by atoms with E-state index in [4.69, 9.17) is 9.72 Å². The van der Waals surface area contributed by atoms with E-state index >= 15 is 0 Å². The van der Waals surface area contributed by atoms with Crippen molar-refractivity contribution in [3.05, 3.63) is 78.1 Å². The van der Waals surface area contributed by atoms with E-state index < -0.39 is 22.8 Å². The van der Waals surface area contributed by atoms with Crippen molar-refractivity contribution in [3.63, 3.8) is 0 Å². The summed E-state index contributed by atoms with van der Waals surface area (Å²) >= 11 is 0. The quantitative estimate of drug-likeness (QED) is 0.255. The minimum Gasteiger partial charge on any atom is -0.508 e. The zero-order valence-corrected chi connectivity index (χ0v) is 23.8. The molecule has 0 spiro atoms. The van der Waals surface area contributed by atoms with Crippen LogP contribution in [0.15, 0.2) is 66.9 Å². The fraction of sp³-hybridized carbons (Fsp3) is 0.312. The number of aliphatic hydroxyl groups is 1. The van der Waals surface area contributed by atoms with Gasteiger partial charge in [0, 0.05) is 41.6 Å². The highest BCUT2D eigenvalue weighted by molar-refractivity contribution is 5.91. The molecule has 0 atom stereocenters. The number of aromatic hydroxyl groups is 1. The highest BCUT2D eigenvalue weighted by Gasteiger charge is 2.53. The lowest BCUT2D eigenvalue weighted by Crippen LogP contribution is -2.62. The summed E-state index contributed by atoms with van der Waals surface area (Å²) in [4.78, 5) is 22.4. The first-order valence-electron chi connectivity index (χ1n) is 13.6. The monoisotopic (exact) mass is 551 g/mol. The Labute approximate surface area is 237 Å². The maximum absolute atomic E-state index is 12.7. The van der Waals surface area contributed by atoms with Crippen LogP contribution in [0.2, 0.25) is 0 Å². The van der Waals surface area contributed by atoms with Crippen molar-refractivity contribution in [2.45, 2.75) is 64.2 Å². The van der Waals surface area contributed by atoms with Crippen molar-refractivity contribution in [1.29, 1.82) is 0 Å². The smallest absolute Gasteiger partial charge is 0.408 e. The number of phenols is 1. The number of phenolic OH excluding ortho intramolecular Hbond substituents is 1. The number of carbonyl (C=O) groups excluding carboxylic acids is 1. The van der Waals surface area contributed by atoms with Gasteiger partial charge in [-0.3, -0.25) is 0 Å². The molecule has 5 aromatic rings. The molecule has 3 aromatic heterocycles. The van der Waals surface area contributed by atoms with Gasteiger partial charge in [0.2, 0.25) is 0 Å². The van der Waals surface area contributed by atoms with Crippen LogP contribution in [0.1, 0.15) is 51.8 Å². The first-order valence-corrected chi connectivity index (χ1v) is 13.6. The molecule has 9 nitrogen and oxygen atoms in total. The maximum Gasteiger partial charge on any atom is 0.408 e. The Morgan fingerprint density at radius 1 is 1.05 bits per heavy atom. The van der Waals surface area contributed by atoms with Crippen LogP contribution in [0.3, 0.4) is 0 Å². The van der Waals surface area contributed by atoms with Gasteiger partial charge in [0.05, 0.1) is 22.5 Å². The van der Waals surface area contributed by atoms with E-state index in [1.165, 1.54) is 0 Å². The van der Waals surface area contributed by atoms with Crippen molar-refractivity contribution >= 4 is 22.8 Å². The van der Waals surface area contributed by atoms with Gasteiger partial charge in [-0.1, -0.05) is 36.4 Å². The third-order valence-corrected chi connectivity index (χ3v) is 7.35. The van der Waals surface area contributed by atoms with Crippen molar-refractivity contribution in [1.82, 2.24) is 24.9 Å². The van der Waals surface area contributed by atoms with Crippen molar-refractivity contribution in [3.8, 4) is 28.1 Å². The molecule has 1 aliphatic carbocycles. The van der Waals surface area contributed by atoms with E-state index in [-0.39, 0.29) is 5.75 Å². The fourth-order valence-electron chi connectivity index (χ4n) is 5.83. The molecule has 1 fully saturated rings. The molecular weight excluding hydrogens is 518 g/mol. The van der Waals surface area contributed by atoms with E-state index in [1.54, 1.807) is 35.8 Å². The van der Waals surface area contributed by atoms with Gasteiger partial charge in [-0.15, -0.1) is 0 Å². The van der Waals surface area contributed by atoms with Crippen LogP contribution in [-0.4, -0.2) is 47.1 Å². The minimum atomic E-state index is -0.891. The number of benzene rings is 2. The number of amides is 1. The Kier molecular flexibility index (Phi) is 6.04. The number of hydrogen-bond acceptors (Lipinski definition) is 7. The first kappa shape index (κ1) is 26.7. The molecule has 3 N–H and O–H groups in total. The number of pyridine rings is 1. The Balaban J connectivity index is 1.45. The summed E-state index contributed by atoms with van der Waals surface area (Å²) in [6, 6.07) is 18.8. The fourth-order valence-corrected chi connectivity index (χ4v) is 5.83. The number of aryl methyl sites for hydroxylation is 1. The van der Waals surface area contributed by atoms with Crippen LogP contribution in [0, 0.1) is 6.92 Å². The van der Waals surface area contributed by atoms with Gasteiger partial charge >= 0.3 is 6.09 Å². The van der Waals surface area contributed by atoms with E-state index in [0.717, 1.165) is 33.3 Å². The van der Waals surface area contributed by atoms with Crippen LogP contribution < -0.4 is 5.32 Å². The summed E-state index contributed by atoms with van der Waals surface area (Å²) in [5, 5.41) is 29.3. The van der Waals surface area contributed by atoms with Gasteiger partial charge in [-0.25, -0.2) is 14.8 Å². The highest BCUT2D eigenvalue weighted by Crippen LogP contribution is 2.49. The predicted molar refractivity (Wildman–Crippen MR) is 156 cm³/mol. The lowest BCUT2D eigenvalue weighted by atomic mass is 9.62. The Morgan fingerprint density at radius 2 is 1.78 bits per heavy atom. The maximum atomic E-state index is 12.7. The number of nitrogens with one attached hydrogen (secondary N) is 1. The number of rotatable bonds is 4. The van der Waals surface area contributed by atoms with E-state index in [9.17, 15) is 15.0 Å². The van der Waals surface area contributed by atoms with Gasteiger partial charge in [0.15, 0.2) is 11.3 Å². The lowest BCUT2D eigenvalue weighted by Gasteiger charge is -2.52. The second kappa shape index (κ2) is 9.27. The Hall–Kier alpha value is -4.50. The first-order chi connectivity index (χ1) is 19.3. The number of aromatic nitrogens is 4. The molecule has 0 saturated heterocycles. The average molecular weight is 552 g/mol. The van der Waals surface area contributed by atoms with Crippen LogP contribution in [0.5, 0.6) is 5.75 Å². The molecule has 1 amide bonds. The second-order valence-corrected chi connectivity index (χ2v) is 12.3. The van der Waals surface area contributed by atoms with Crippen molar-refractivity contribution < 1.29 is 19.7 Å². The topological polar surface area (TPSA) is 122 Å². The summed E-state index contributed by atoms with van der Waals surface area (Å²) in [5.74, 6) is 0.160. The van der Waals surface area contributed by atoms with Crippen LogP contribution in [0.25, 0.3) is 39.1 Å². The lowest BCUT2D eigenvalue weighted by molar-refractivity contribution is -0.0892. The van der Waals surface area contributed by atoms with E-state index in [1.807, 2.05) is 70.2 Å². The number of alkyl carbamates (subject to hydrolysis) is 1. The zero-order chi connectivity index (χ0) is 29.2. The minimum absolute atomic E-state index is 0.160. The molecule has 41 heavy (non-hydrogen) atoms. The average Bonchev–Trinajstić information content (AvgIpc) is 3.26. The molecule has 3 heterocycles. The summed E-state index contributed by atoms with van der Waals surface area (Å²) in [5.41, 5.74) is 4.02. The third kappa shape index (κ3) is 5.09. The normalized spacial score (nSPS) is 20.6. The number of nitrogens with zero attached hydrogens (tertiary/aromatic N) is 4. The second-order valence-electron chi connectivity index (χ2n) is 12.3. The number of ether oxygens (including phenoxy) is 1. The number of fused-ring (bicyclic) bond motifs is 3. The molecule has 1 saturated carbocycles. The van der Waals surface area contributed by atoms with Crippen LogP contribution in [0.4, 0.5) is 4.79 Å². The highest BCUT2D eigenvalue weighted by atomic mass is 16.6. The van der Waals surface area contributed by atoms with E-state index in [2.05, 4.69) is 15.4 Å².